The lowest BCUT2D eigenvalue weighted by molar-refractivity contribution is -0.145. The Bertz CT molecular complexity index is 774. The summed E-state index contributed by atoms with van der Waals surface area (Å²) in [4.78, 5) is 31.1. The number of hydrogen-bond acceptors (Lipinski definition) is 3. The fourth-order valence-corrected chi connectivity index (χ4v) is 3.22. The molecule has 5 nitrogen and oxygen atoms in total. The number of amides is 2. The van der Waals surface area contributed by atoms with Crippen LogP contribution in [0.15, 0.2) is 42.6 Å². The molecule has 3 rings (SSSR count). The van der Waals surface area contributed by atoms with Crippen LogP contribution in [-0.2, 0) is 9.59 Å². The largest absolute Gasteiger partial charge is 0.327 e. The van der Waals surface area contributed by atoms with E-state index in [0.717, 1.165) is 36.1 Å². The zero-order valence-electron chi connectivity index (χ0n) is 14.7. The summed E-state index contributed by atoms with van der Waals surface area (Å²) in [5, 5.41) is 2.69. The Morgan fingerprint density at radius 2 is 1.92 bits per heavy atom. The van der Waals surface area contributed by atoms with Crippen LogP contribution in [0.5, 0.6) is 0 Å². The van der Waals surface area contributed by atoms with E-state index >= 15 is 0 Å². The number of nitrogens with one attached hydrogen (secondary N) is 1. The lowest BCUT2D eigenvalue weighted by Crippen LogP contribution is -2.44. The van der Waals surface area contributed by atoms with Gasteiger partial charge in [-0.1, -0.05) is 30.3 Å². The van der Waals surface area contributed by atoms with E-state index in [-0.39, 0.29) is 6.04 Å². The van der Waals surface area contributed by atoms with E-state index in [1.165, 1.54) is 0 Å². The van der Waals surface area contributed by atoms with Crippen LogP contribution < -0.4 is 5.32 Å². The maximum atomic E-state index is 12.7. The Morgan fingerprint density at radius 3 is 2.64 bits per heavy atom. The van der Waals surface area contributed by atoms with Crippen LogP contribution in [0.3, 0.4) is 0 Å². The fraction of sp³-hybridized carbons (Fsp3) is 0.350. The zero-order valence-corrected chi connectivity index (χ0v) is 14.7. The highest BCUT2D eigenvalue weighted by Crippen LogP contribution is 2.30. The summed E-state index contributed by atoms with van der Waals surface area (Å²) in [6.07, 6.45) is 4.45. The number of benzene rings is 1. The molecule has 0 radical (unpaired) electrons. The minimum Gasteiger partial charge on any atom is -0.327 e. The molecule has 1 aromatic carbocycles. The first-order valence-corrected chi connectivity index (χ1v) is 8.66. The van der Waals surface area contributed by atoms with Gasteiger partial charge in [0.2, 0.25) is 0 Å². The highest BCUT2D eigenvalue weighted by Gasteiger charge is 2.31. The van der Waals surface area contributed by atoms with Gasteiger partial charge in [-0.05, 0) is 50.3 Å². The van der Waals surface area contributed by atoms with Gasteiger partial charge in [0.15, 0.2) is 0 Å². The van der Waals surface area contributed by atoms with Crippen LogP contribution in [0.4, 0.5) is 5.69 Å². The predicted molar refractivity (Wildman–Crippen MR) is 97.1 cm³/mol. The fourth-order valence-electron chi connectivity index (χ4n) is 3.22. The second-order valence-corrected chi connectivity index (χ2v) is 6.50. The molecule has 0 bridgehead atoms. The van der Waals surface area contributed by atoms with E-state index in [0.29, 0.717) is 12.2 Å². The molecule has 1 aliphatic heterocycles. The molecule has 0 aliphatic carbocycles. The molecule has 1 unspecified atom stereocenters. The number of aromatic nitrogens is 1. The third-order valence-corrected chi connectivity index (χ3v) is 4.74. The van der Waals surface area contributed by atoms with Crippen molar-refractivity contribution in [1.82, 2.24) is 9.88 Å². The molecule has 1 N–H and O–H groups in total. The first-order valence-electron chi connectivity index (χ1n) is 8.66. The van der Waals surface area contributed by atoms with Crippen molar-refractivity contribution in [3.8, 4) is 0 Å². The van der Waals surface area contributed by atoms with Crippen LogP contribution in [-0.4, -0.2) is 28.2 Å². The zero-order chi connectivity index (χ0) is 17.8. The predicted octanol–water partition coefficient (Wildman–Crippen LogP) is 3.39. The summed E-state index contributed by atoms with van der Waals surface area (Å²) < 4.78 is 0. The van der Waals surface area contributed by atoms with E-state index in [1.807, 2.05) is 50.2 Å². The normalized spacial score (nSPS) is 17.2. The summed E-state index contributed by atoms with van der Waals surface area (Å²) >= 11 is 0. The molecule has 1 saturated heterocycles. The lowest BCUT2D eigenvalue weighted by atomic mass is 9.95. The molecule has 0 spiro atoms. The molecule has 1 atom stereocenters. The summed E-state index contributed by atoms with van der Waals surface area (Å²) in [6.45, 7) is 4.44. The molecular formula is C20H23N3O2. The number of anilines is 1. The van der Waals surface area contributed by atoms with Crippen molar-refractivity contribution in [2.24, 2.45) is 0 Å². The Hall–Kier alpha value is -2.69. The summed E-state index contributed by atoms with van der Waals surface area (Å²) in [5.41, 5.74) is 3.51. The first-order chi connectivity index (χ1) is 12.1. The van der Waals surface area contributed by atoms with Gasteiger partial charge in [0.1, 0.15) is 0 Å². The number of aryl methyl sites for hydroxylation is 2. The molecule has 2 amide bonds. The molecule has 1 fully saturated rings. The van der Waals surface area contributed by atoms with E-state index in [2.05, 4.69) is 10.3 Å². The second-order valence-electron chi connectivity index (χ2n) is 6.50. The van der Waals surface area contributed by atoms with Gasteiger partial charge in [-0.3, -0.25) is 14.6 Å². The van der Waals surface area contributed by atoms with Gasteiger partial charge >= 0.3 is 11.8 Å². The van der Waals surface area contributed by atoms with Gasteiger partial charge in [0.25, 0.3) is 0 Å². The van der Waals surface area contributed by atoms with Gasteiger partial charge in [-0.15, -0.1) is 0 Å². The van der Waals surface area contributed by atoms with Gasteiger partial charge in [-0.25, -0.2) is 0 Å². The second kappa shape index (κ2) is 7.47. The monoisotopic (exact) mass is 337 g/mol. The van der Waals surface area contributed by atoms with Crippen molar-refractivity contribution in [2.45, 2.75) is 39.2 Å². The molecule has 130 valence electrons. The van der Waals surface area contributed by atoms with Crippen molar-refractivity contribution in [3.63, 3.8) is 0 Å². The number of carbonyl (C=O) groups excluding carboxylic acids is 2. The number of nitrogens with zero attached hydrogens (tertiary/aromatic N) is 2. The van der Waals surface area contributed by atoms with Crippen LogP contribution in [0.1, 0.15) is 42.1 Å². The standard InChI is InChI=1S/C20H23N3O2/c1-14-12-17(13-21-15(14)2)22-19(24)20(25)23-11-7-6-10-18(23)16-8-4-3-5-9-16/h3-5,8-9,12-13,18H,6-7,10-11H2,1-2H3,(H,22,24). The van der Waals surface area contributed by atoms with Crippen LogP contribution in [0.2, 0.25) is 0 Å². The van der Waals surface area contributed by atoms with Gasteiger partial charge < -0.3 is 10.2 Å². The van der Waals surface area contributed by atoms with Gasteiger partial charge in [-0.2, -0.15) is 0 Å². The van der Waals surface area contributed by atoms with Crippen molar-refractivity contribution in [1.29, 1.82) is 0 Å². The maximum absolute atomic E-state index is 12.7. The third-order valence-electron chi connectivity index (χ3n) is 4.74. The quantitative estimate of drug-likeness (QED) is 0.855. The molecule has 1 aromatic heterocycles. The van der Waals surface area contributed by atoms with Crippen LogP contribution in [0, 0.1) is 13.8 Å². The molecule has 0 saturated carbocycles. The smallest absolute Gasteiger partial charge is 0.313 e. The average molecular weight is 337 g/mol. The van der Waals surface area contributed by atoms with Gasteiger partial charge in [0, 0.05) is 12.2 Å². The number of rotatable bonds is 2. The minimum atomic E-state index is -0.604. The number of likely N-dealkylation sites (tertiary alicyclic amines) is 1. The van der Waals surface area contributed by atoms with Gasteiger partial charge in [0.05, 0.1) is 17.9 Å². The Labute approximate surface area is 148 Å². The van der Waals surface area contributed by atoms with E-state index in [9.17, 15) is 9.59 Å². The lowest BCUT2D eigenvalue weighted by Gasteiger charge is -2.35. The number of pyridine rings is 1. The molecule has 5 heteroatoms. The Kier molecular flexibility index (Phi) is 5.12. The number of hydrogen-bond donors (Lipinski definition) is 1. The van der Waals surface area contributed by atoms with E-state index in [1.54, 1.807) is 11.1 Å². The average Bonchev–Trinajstić information content (AvgIpc) is 2.65. The molecule has 1 aliphatic rings. The number of piperidine rings is 1. The highest BCUT2D eigenvalue weighted by atomic mass is 16.2. The highest BCUT2D eigenvalue weighted by molar-refractivity contribution is 6.39. The Balaban J connectivity index is 1.75. The molecule has 2 aromatic rings. The maximum Gasteiger partial charge on any atom is 0.313 e. The molecular weight excluding hydrogens is 314 g/mol. The molecule has 25 heavy (non-hydrogen) atoms. The van der Waals surface area contributed by atoms with E-state index < -0.39 is 11.8 Å². The topological polar surface area (TPSA) is 62.3 Å². The van der Waals surface area contributed by atoms with Crippen LogP contribution in [0.25, 0.3) is 0 Å². The van der Waals surface area contributed by atoms with Crippen molar-refractivity contribution >= 4 is 17.5 Å². The third kappa shape index (κ3) is 3.87. The van der Waals surface area contributed by atoms with E-state index in [4.69, 9.17) is 0 Å². The van der Waals surface area contributed by atoms with Crippen molar-refractivity contribution < 1.29 is 9.59 Å². The minimum absolute atomic E-state index is 0.0360. The Morgan fingerprint density at radius 1 is 1.16 bits per heavy atom. The van der Waals surface area contributed by atoms with Crippen molar-refractivity contribution in [3.05, 3.63) is 59.4 Å². The molecule has 2 heterocycles. The summed E-state index contributed by atoms with van der Waals surface area (Å²) in [6, 6.07) is 11.7. The first kappa shape index (κ1) is 17.1. The van der Waals surface area contributed by atoms with Crippen molar-refractivity contribution in [2.75, 3.05) is 11.9 Å². The summed E-state index contributed by atoms with van der Waals surface area (Å²) in [7, 11) is 0. The SMILES string of the molecule is Cc1cc(NC(=O)C(=O)N2CCCCC2c2ccccc2)cnc1C. The summed E-state index contributed by atoms with van der Waals surface area (Å²) in [5.74, 6) is -1.08. The number of carbonyl (C=O) groups is 2. The van der Waals surface area contributed by atoms with Crippen LogP contribution >= 0.6 is 0 Å².